The van der Waals surface area contributed by atoms with Crippen LogP contribution in [0.3, 0.4) is 0 Å². The van der Waals surface area contributed by atoms with Crippen LogP contribution in [-0.4, -0.2) is 11.1 Å². The van der Waals surface area contributed by atoms with Gasteiger partial charge in [0.25, 0.3) is 5.91 Å². The number of hydrogen-bond acceptors (Lipinski definition) is 4. The highest BCUT2D eigenvalue weighted by Gasteiger charge is 2.17. The van der Waals surface area contributed by atoms with Gasteiger partial charge in [0.15, 0.2) is 0 Å². The topological polar surface area (TPSA) is 81.2 Å². The van der Waals surface area contributed by atoms with Gasteiger partial charge >= 0.3 is 0 Å². The minimum atomic E-state index is -0.717. The number of halogens is 2. The van der Waals surface area contributed by atoms with Gasteiger partial charge in [0.1, 0.15) is 11.6 Å². The quantitative estimate of drug-likeness (QED) is 0.828. The zero-order valence-corrected chi connectivity index (χ0v) is 13.1. The van der Waals surface area contributed by atoms with Gasteiger partial charge in [0.05, 0.1) is 16.9 Å². The molecular weight excluding hydrogens is 309 g/mol. The second-order valence-corrected chi connectivity index (χ2v) is 5.21. The second-order valence-electron chi connectivity index (χ2n) is 4.77. The molecule has 5 nitrogen and oxygen atoms in total. The summed E-state index contributed by atoms with van der Waals surface area (Å²) in [5, 5.41) is 6.79. The van der Waals surface area contributed by atoms with E-state index in [1.54, 1.807) is 0 Å². The van der Waals surface area contributed by atoms with Gasteiger partial charge in [-0.15, -0.1) is 0 Å². The number of carbonyl (C=O) groups is 1. The lowest BCUT2D eigenvalue weighted by Crippen LogP contribution is -2.25. The summed E-state index contributed by atoms with van der Waals surface area (Å²) in [6.07, 6.45) is 1.37. The van der Waals surface area contributed by atoms with Crippen molar-refractivity contribution in [3.8, 4) is 0 Å². The smallest absolute Gasteiger partial charge is 0.253 e. The molecule has 7 heteroatoms. The van der Waals surface area contributed by atoms with Crippen LogP contribution in [0.5, 0.6) is 0 Å². The van der Waals surface area contributed by atoms with Gasteiger partial charge in [0, 0.05) is 23.6 Å². The molecule has 0 saturated carbocycles. The summed E-state index contributed by atoms with van der Waals surface area (Å²) in [7, 11) is 0. The SMILES string of the molecule is CCc1noc(CC)c1CNC(=O)c1cc(Cl)cc(F)c1N. The molecule has 2 rings (SSSR count). The van der Waals surface area contributed by atoms with Crippen molar-refractivity contribution in [3.05, 3.63) is 45.6 Å². The average Bonchev–Trinajstić information content (AvgIpc) is 2.90. The van der Waals surface area contributed by atoms with Crippen molar-refractivity contribution in [3.63, 3.8) is 0 Å². The molecule has 0 unspecified atom stereocenters. The van der Waals surface area contributed by atoms with Crippen molar-refractivity contribution in [2.45, 2.75) is 33.2 Å². The summed E-state index contributed by atoms with van der Waals surface area (Å²) < 4.78 is 18.8. The number of rotatable bonds is 5. The Morgan fingerprint density at radius 3 is 2.77 bits per heavy atom. The molecule has 0 bridgehead atoms. The van der Waals surface area contributed by atoms with Crippen LogP contribution in [-0.2, 0) is 19.4 Å². The predicted octanol–water partition coefficient (Wildman–Crippen LogP) is 3.10. The molecule has 3 N–H and O–H groups in total. The summed E-state index contributed by atoms with van der Waals surface area (Å²) in [5.74, 6) is -0.488. The zero-order chi connectivity index (χ0) is 16.3. The maximum absolute atomic E-state index is 13.5. The zero-order valence-electron chi connectivity index (χ0n) is 12.4. The first-order valence-electron chi connectivity index (χ1n) is 6.96. The molecule has 1 heterocycles. The lowest BCUT2D eigenvalue weighted by atomic mass is 10.1. The van der Waals surface area contributed by atoms with Crippen LogP contribution in [0.25, 0.3) is 0 Å². The van der Waals surface area contributed by atoms with E-state index < -0.39 is 11.7 Å². The van der Waals surface area contributed by atoms with Crippen LogP contribution < -0.4 is 11.1 Å². The van der Waals surface area contributed by atoms with E-state index in [4.69, 9.17) is 21.9 Å². The second kappa shape index (κ2) is 6.79. The van der Waals surface area contributed by atoms with Gasteiger partial charge in [-0.1, -0.05) is 30.6 Å². The van der Waals surface area contributed by atoms with E-state index in [0.29, 0.717) is 12.8 Å². The molecule has 1 amide bonds. The van der Waals surface area contributed by atoms with Crippen molar-refractivity contribution >= 4 is 23.2 Å². The van der Waals surface area contributed by atoms with Crippen molar-refractivity contribution in [1.29, 1.82) is 0 Å². The number of amides is 1. The highest BCUT2D eigenvalue weighted by Crippen LogP contribution is 2.22. The number of benzene rings is 1. The third kappa shape index (κ3) is 3.22. The monoisotopic (exact) mass is 325 g/mol. The van der Waals surface area contributed by atoms with Gasteiger partial charge in [-0.25, -0.2) is 4.39 Å². The lowest BCUT2D eigenvalue weighted by molar-refractivity contribution is 0.0951. The molecule has 0 aliphatic rings. The Bertz CT molecular complexity index is 679. The van der Waals surface area contributed by atoms with E-state index in [1.165, 1.54) is 6.07 Å². The molecule has 1 aromatic carbocycles. The van der Waals surface area contributed by atoms with Gasteiger partial charge in [-0.3, -0.25) is 4.79 Å². The van der Waals surface area contributed by atoms with Gasteiger partial charge in [-0.05, 0) is 18.6 Å². The van der Waals surface area contributed by atoms with Crippen LogP contribution in [0.15, 0.2) is 16.7 Å². The number of nitrogen functional groups attached to an aromatic ring is 1. The summed E-state index contributed by atoms with van der Waals surface area (Å²) in [4.78, 5) is 12.2. The first kappa shape index (κ1) is 16.3. The molecule has 0 aliphatic carbocycles. The molecular formula is C15H17ClFN3O2. The summed E-state index contributed by atoms with van der Waals surface area (Å²) >= 11 is 5.76. The van der Waals surface area contributed by atoms with Crippen LogP contribution in [0.2, 0.25) is 5.02 Å². The number of hydrogen-bond donors (Lipinski definition) is 2. The van der Waals surface area contributed by atoms with Crippen molar-refractivity contribution in [1.82, 2.24) is 10.5 Å². The molecule has 1 aromatic heterocycles. The van der Waals surface area contributed by atoms with Crippen molar-refractivity contribution in [2.75, 3.05) is 5.73 Å². The molecule has 0 atom stereocenters. The Labute approximate surface area is 132 Å². The number of nitrogens with one attached hydrogen (secondary N) is 1. The molecule has 0 spiro atoms. The molecule has 0 aliphatic heterocycles. The van der Waals surface area contributed by atoms with Crippen molar-refractivity contribution < 1.29 is 13.7 Å². The summed E-state index contributed by atoms with van der Waals surface area (Å²) in [6, 6.07) is 2.41. The number of aromatic nitrogens is 1. The van der Waals surface area contributed by atoms with E-state index in [1.807, 2.05) is 13.8 Å². The number of carbonyl (C=O) groups excluding carboxylic acids is 1. The van der Waals surface area contributed by atoms with E-state index >= 15 is 0 Å². The lowest BCUT2D eigenvalue weighted by Gasteiger charge is -2.09. The first-order chi connectivity index (χ1) is 10.5. The number of aryl methyl sites for hydroxylation is 2. The average molecular weight is 326 g/mol. The summed E-state index contributed by atoms with van der Waals surface area (Å²) in [5.41, 5.74) is 7.02. The molecule has 0 fully saturated rings. The molecule has 0 saturated heterocycles. The van der Waals surface area contributed by atoms with Crippen molar-refractivity contribution in [2.24, 2.45) is 0 Å². The largest absolute Gasteiger partial charge is 0.396 e. The molecule has 0 radical (unpaired) electrons. The third-order valence-electron chi connectivity index (χ3n) is 3.37. The highest BCUT2D eigenvalue weighted by atomic mass is 35.5. The molecule has 22 heavy (non-hydrogen) atoms. The van der Waals surface area contributed by atoms with Gasteiger partial charge in [0.2, 0.25) is 0 Å². The predicted molar refractivity (Wildman–Crippen MR) is 82.3 cm³/mol. The van der Waals surface area contributed by atoms with E-state index in [0.717, 1.165) is 23.1 Å². The van der Waals surface area contributed by atoms with E-state index in [2.05, 4.69) is 10.5 Å². The fraction of sp³-hybridized carbons (Fsp3) is 0.333. The third-order valence-corrected chi connectivity index (χ3v) is 3.59. The molecule has 2 aromatic rings. The minimum absolute atomic E-state index is 0.0116. The van der Waals surface area contributed by atoms with Gasteiger partial charge in [-0.2, -0.15) is 0 Å². The Morgan fingerprint density at radius 2 is 2.14 bits per heavy atom. The van der Waals surface area contributed by atoms with E-state index in [9.17, 15) is 9.18 Å². The fourth-order valence-corrected chi connectivity index (χ4v) is 2.38. The molecule has 118 valence electrons. The van der Waals surface area contributed by atoms with E-state index in [-0.39, 0.29) is 22.8 Å². The number of nitrogens with two attached hydrogens (primary N) is 1. The van der Waals surface area contributed by atoms with Gasteiger partial charge < -0.3 is 15.6 Å². The number of anilines is 1. The Morgan fingerprint density at radius 1 is 1.41 bits per heavy atom. The fourth-order valence-electron chi connectivity index (χ4n) is 2.17. The standard InChI is InChI=1S/C15H17ClFN3O2/c1-3-12-10(13(4-2)22-20-12)7-19-15(21)9-5-8(16)6-11(17)14(9)18/h5-6H,3-4,7,18H2,1-2H3,(H,19,21). The van der Waals surface area contributed by atoms with Crippen LogP contribution >= 0.6 is 11.6 Å². The van der Waals surface area contributed by atoms with Crippen LogP contribution in [0.4, 0.5) is 10.1 Å². The normalized spacial score (nSPS) is 10.7. The highest BCUT2D eigenvalue weighted by molar-refractivity contribution is 6.31. The first-order valence-corrected chi connectivity index (χ1v) is 7.34. The maximum Gasteiger partial charge on any atom is 0.253 e. The minimum Gasteiger partial charge on any atom is -0.396 e. The summed E-state index contributed by atoms with van der Waals surface area (Å²) in [6.45, 7) is 4.13. The Kier molecular flexibility index (Phi) is 5.03. The number of nitrogens with zero attached hydrogens (tertiary/aromatic N) is 1. The Balaban J connectivity index is 2.19. The Hall–Kier alpha value is -2.08. The van der Waals surface area contributed by atoms with Crippen LogP contribution in [0, 0.1) is 5.82 Å². The maximum atomic E-state index is 13.5. The van der Waals surface area contributed by atoms with Crippen LogP contribution in [0.1, 0.15) is 41.2 Å².